The van der Waals surface area contributed by atoms with Crippen molar-refractivity contribution >= 4 is 11.6 Å². The number of hydrogen-bond donors (Lipinski definition) is 2. The molecule has 0 aromatic heterocycles. The molecule has 0 radical (unpaired) electrons. The molecule has 1 aromatic rings. The SMILES string of the molecule is O=C1C[NH2+][C@H](c2cccc([N+](=O)[O-])c2)N1O. The van der Waals surface area contributed by atoms with E-state index >= 15 is 0 Å². The Hall–Kier alpha value is -1.99. The van der Waals surface area contributed by atoms with Gasteiger partial charge in [0.1, 0.15) is 0 Å². The molecule has 3 N–H and O–H groups in total. The number of carbonyl (C=O) groups excluding carboxylic acids is 1. The number of hydrogen-bond acceptors (Lipinski definition) is 4. The number of non-ortho nitro benzene ring substituents is 1. The Bertz CT molecular complexity index is 448. The van der Waals surface area contributed by atoms with Gasteiger partial charge < -0.3 is 5.32 Å². The van der Waals surface area contributed by atoms with Crippen molar-refractivity contribution in [2.75, 3.05) is 6.54 Å². The van der Waals surface area contributed by atoms with Gasteiger partial charge in [-0.15, -0.1) is 0 Å². The lowest BCUT2D eigenvalue weighted by molar-refractivity contribution is -0.694. The molecule has 1 aromatic carbocycles. The van der Waals surface area contributed by atoms with E-state index in [0.717, 1.165) is 0 Å². The second kappa shape index (κ2) is 3.87. The van der Waals surface area contributed by atoms with Crippen LogP contribution in [0.5, 0.6) is 0 Å². The summed E-state index contributed by atoms with van der Waals surface area (Å²) in [6.45, 7) is 0.143. The molecule has 0 spiro atoms. The predicted molar refractivity (Wildman–Crippen MR) is 51.3 cm³/mol. The molecule has 2 rings (SSSR count). The van der Waals surface area contributed by atoms with Crippen LogP contribution in [0.2, 0.25) is 0 Å². The maximum absolute atomic E-state index is 11.1. The molecule has 0 saturated carbocycles. The minimum atomic E-state index is -0.590. The molecule has 1 amide bonds. The van der Waals surface area contributed by atoms with Crippen molar-refractivity contribution < 1.29 is 20.2 Å². The van der Waals surface area contributed by atoms with Crippen LogP contribution in [0.25, 0.3) is 0 Å². The Morgan fingerprint density at radius 2 is 2.31 bits per heavy atom. The van der Waals surface area contributed by atoms with Gasteiger partial charge in [0.2, 0.25) is 6.17 Å². The highest BCUT2D eigenvalue weighted by Gasteiger charge is 2.35. The highest BCUT2D eigenvalue weighted by atomic mass is 16.6. The van der Waals surface area contributed by atoms with Gasteiger partial charge in [0.15, 0.2) is 6.54 Å². The number of carbonyl (C=O) groups is 1. The average molecular weight is 224 g/mol. The van der Waals surface area contributed by atoms with Gasteiger partial charge in [0, 0.05) is 17.7 Å². The molecular formula is C9H10N3O4+. The summed E-state index contributed by atoms with van der Waals surface area (Å²) in [5.41, 5.74) is 0.473. The summed E-state index contributed by atoms with van der Waals surface area (Å²) < 4.78 is 0. The van der Waals surface area contributed by atoms with E-state index in [4.69, 9.17) is 0 Å². The molecule has 7 heteroatoms. The van der Waals surface area contributed by atoms with E-state index in [1.54, 1.807) is 11.4 Å². The Morgan fingerprint density at radius 3 is 2.88 bits per heavy atom. The zero-order chi connectivity index (χ0) is 11.7. The number of nitro groups is 1. The minimum Gasteiger partial charge on any atom is -0.313 e. The highest BCUT2D eigenvalue weighted by molar-refractivity contribution is 5.77. The zero-order valence-electron chi connectivity index (χ0n) is 8.24. The van der Waals surface area contributed by atoms with E-state index in [2.05, 4.69) is 0 Å². The monoisotopic (exact) mass is 224 g/mol. The molecule has 0 bridgehead atoms. The predicted octanol–water partition coefficient (Wildman–Crippen LogP) is -0.612. The van der Waals surface area contributed by atoms with Crippen LogP contribution in [0.4, 0.5) is 5.69 Å². The van der Waals surface area contributed by atoms with Gasteiger partial charge in [-0.3, -0.25) is 20.1 Å². The third kappa shape index (κ3) is 1.73. The van der Waals surface area contributed by atoms with Crippen LogP contribution < -0.4 is 5.32 Å². The number of nitro benzene ring substituents is 1. The lowest BCUT2D eigenvalue weighted by Crippen LogP contribution is -2.83. The van der Waals surface area contributed by atoms with E-state index in [-0.39, 0.29) is 12.2 Å². The van der Waals surface area contributed by atoms with Crippen molar-refractivity contribution in [2.24, 2.45) is 0 Å². The second-order valence-corrected chi connectivity index (χ2v) is 3.48. The van der Waals surface area contributed by atoms with Gasteiger partial charge in [-0.2, -0.15) is 5.06 Å². The van der Waals surface area contributed by atoms with Gasteiger partial charge in [-0.05, 0) is 0 Å². The molecule has 0 aliphatic carbocycles. The molecule has 1 atom stereocenters. The van der Waals surface area contributed by atoms with Gasteiger partial charge >= 0.3 is 5.91 Å². The molecule has 1 fully saturated rings. The number of nitrogens with zero attached hydrogens (tertiary/aromatic N) is 2. The number of benzene rings is 1. The molecular weight excluding hydrogens is 214 g/mol. The third-order valence-electron chi connectivity index (χ3n) is 2.46. The van der Waals surface area contributed by atoms with Crippen LogP contribution in [-0.2, 0) is 4.79 Å². The van der Waals surface area contributed by atoms with Crippen molar-refractivity contribution in [3.8, 4) is 0 Å². The first-order valence-corrected chi connectivity index (χ1v) is 4.68. The Balaban J connectivity index is 2.31. The van der Waals surface area contributed by atoms with E-state index < -0.39 is 17.0 Å². The molecule has 1 aliphatic rings. The van der Waals surface area contributed by atoms with Crippen LogP contribution in [0.1, 0.15) is 11.7 Å². The largest absolute Gasteiger partial charge is 0.313 e. The van der Waals surface area contributed by atoms with Crippen molar-refractivity contribution in [2.45, 2.75) is 6.17 Å². The number of nitrogens with two attached hydrogens (primary N) is 1. The first-order valence-electron chi connectivity index (χ1n) is 4.68. The fourth-order valence-corrected chi connectivity index (χ4v) is 1.66. The van der Waals surface area contributed by atoms with Gasteiger partial charge in [-0.25, -0.2) is 0 Å². The van der Waals surface area contributed by atoms with E-state index in [1.165, 1.54) is 18.2 Å². The molecule has 1 saturated heterocycles. The van der Waals surface area contributed by atoms with Gasteiger partial charge in [0.05, 0.1) is 4.92 Å². The number of quaternary nitrogens is 1. The number of amides is 1. The van der Waals surface area contributed by atoms with Crippen LogP contribution in [0.3, 0.4) is 0 Å². The Labute approximate surface area is 90.4 Å². The van der Waals surface area contributed by atoms with Gasteiger partial charge in [-0.1, -0.05) is 12.1 Å². The fraction of sp³-hybridized carbons (Fsp3) is 0.222. The summed E-state index contributed by atoms with van der Waals surface area (Å²) in [5.74, 6) is -0.406. The molecule has 16 heavy (non-hydrogen) atoms. The van der Waals surface area contributed by atoms with Crippen molar-refractivity contribution in [1.29, 1.82) is 0 Å². The summed E-state index contributed by atoms with van der Waals surface area (Å²) in [5, 5.41) is 22.2. The Morgan fingerprint density at radius 1 is 1.56 bits per heavy atom. The molecule has 0 unspecified atom stereocenters. The molecule has 7 nitrogen and oxygen atoms in total. The third-order valence-corrected chi connectivity index (χ3v) is 2.46. The standard InChI is InChI=1S/C9H9N3O4/c13-8-5-10-9(11(8)14)6-2-1-3-7(4-6)12(15)16/h1-4,9-10,14H,5H2/p+1/t9-/m0/s1. The highest BCUT2D eigenvalue weighted by Crippen LogP contribution is 2.20. The van der Waals surface area contributed by atoms with Crippen LogP contribution in [0.15, 0.2) is 24.3 Å². The van der Waals surface area contributed by atoms with E-state index in [9.17, 15) is 20.1 Å². The van der Waals surface area contributed by atoms with Crippen LogP contribution >= 0.6 is 0 Å². The molecule has 1 aliphatic heterocycles. The normalized spacial score (nSPS) is 20.2. The molecule has 1 heterocycles. The Kier molecular flexibility index (Phi) is 2.55. The summed E-state index contributed by atoms with van der Waals surface area (Å²) in [7, 11) is 0. The van der Waals surface area contributed by atoms with Crippen molar-refractivity contribution in [1.82, 2.24) is 5.06 Å². The second-order valence-electron chi connectivity index (χ2n) is 3.48. The fourth-order valence-electron chi connectivity index (χ4n) is 1.66. The topological polar surface area (TPSA) is 100 Å². The number of rotatable bonds is 2. The quantitative estimate of drug-likeness (QED) is 0.397. The first kappa shape index (κ1) is 10.5. The van der Waals surface area contributed by atoms with E-state index in [0.29, 0.717) is 10.6 Å². The first-order chi connectivity index (χ1) is 7.59. The van der Waals surface area contributed by atoms with E-state index in [1.807, 2.05) is 0 Å². The molecule has 84 valence electrons. The summed E-state index contributed by atoms with van der Waals surface area (Å²) in [4.78, 5) is 21.1. The average Bonchev–Trinajstić information content (AvgIpc) is 2.60. The smallest absolute Gasteiger partial charge is 0.306 e. The van der Waals surface area contributed by atoms with Crippen molar-refractivity contribution in [3.63, 3.8) is 0 Å². The van der Waals surface area contributed by atoms with Crippen LogP contribution in [0, 0.1) is 10.1 Å². The maximum Gasteiger partial charge on any atom is 0.306 e. The lowest BCUT2D eigenvalue weighted by Gasteiger charge is -2.13. The van der Waals surface area contributed by atoms with Crippen LogP contribution in [-0.4, -0.2) is 27.6 Å². The van der Waals surface area contributed by atoms with Crippen molar-refractivity contribution in [3.05, 3.63) is 39.9 Å². The number of hydroxylamine groups is 2. The zero-order valence-corrected chi connectivity index (χ0v) is 8.24. The van der Waals surface area contributed by atoms with Gasteiger partial charge in [0.25, 0.3) is 5.69 Å². The summed E-state index contributed by atoms with van der Waals surface area (Å²) >= 11 is 0. The lowest BCUT2D eigenvalue weighted by atomic mass is 10.1. The minimum absolute atomic E-state index is 0.0568. The maximum atomic E-state index is 11.1. The summed E-state index contributed by atoms with van der Waals surface area (Å²) in [6.07, 6.45) is -0.590. The summed E-state index contributed by atoms with van der Waals surface area (Å²) in [6, 6.07) is 5.87.